The summed E-state index contributed by atoms with van der Waals surface area (Å²) in [5.41, 5.74) is 2.39. The molecule has 0 aromatic heterocycles. The lowest BCUT2D eigenvalue weighted by Crippen LogP contribution is -2.31. The number of benzene rings is 2. The summed E-state index contributed by atoms with van der Waals surface area (Å²) in [6, 6.07) is 18.5. The van der Waals surface area contributed by atoms with Crippen LogP contribution in [0.3, 0.4) is 0 Å². The van der Waals surface area contributed by atoms with Gasteiger partial charge in [0.2, 0.25) is 0 Å². The second-order valence-electron chi connectivity index (χ2n) is 6.08. The molecule has 2 fully saturated rings. The summed E-state index contributed by atoms with van der Waals surface area (Å²) in [6.07, 6.45) is 0.768. The number of para-hydroxylation sites is 1. The van der Waals surface area contributed by atoms with Gasteiger partial charge >= 0.3 is 0 Å². The van der Waals surface area contributed by atoms with Crippen molar-refractivity contribution in [3.05, 3.63) is 60.2 Å². The van der Waals surface area contributed by atoms with Gasteiger partial charge in [-0.25, -0.2) is 0 Å². The Morgan fingerprint density at radius 2 is 1.48 bits per heavy atom. The Bertz CT molecular complexity index is 607. The highest BCUT2D eigenvalue weighted by molar-refractivity contribution is 5.48. The highest BCUT2D eigenvalue weighted by Crippen LogP contribution is 2.23. The van der Waals surface area contributed by atoms with Crippen LogP contribution in [0.15, 0.2) is 54.6 Å². The molecule has 2 atom stereocenters. The quantitative estimate of drug-likeness (QED) is 0.703. The van der Waals surface area contributed by atoms with Crippen molar-refractivity contribution in [2.45, 2.75) is 18.8 Å². The molecule has 4 heteroatoms. The number of hydrogen-bond donors (Lipinski definition) is 0. The summed E-state index contributed by atoms with van der Waals surface area (Å²) >= 11 is 0. The topological polar surface area (TPSA) is 37.5 Å². The summed E-state index contributed by atoms with van der Waals surface area (Å²) < 4.78 is 16.5. The summed E-state index contributed by atoms with van der Waals surface area (Å²) in [4.78, 5) is 2.36. The Morgan fingerprint density at radius 1 is 0.870 bits per heavy atom. The number of anilines is 1. The summed E-state index contributed by atoms with van der Waals surface area (Å²) in [7, 11) is 0. The molecule has 0 bridgehead atoms. The molecule has 2 unspecified atom stereocenters. The van der Waals surface area contributed by atoms with Crippen LogP contribution >= 0.6 is 0 Å². The van der Waals surface area contributed by atoms with Crippen molar-refractivity contribution in [2.75, 3.05) is 31.2 Å². The van der Waals surface area contributed by atoms with Crippen molar-refractivity contribution < 1.29 is 14.2 Å². The first-order valence-electron chi connectivity index (χ1n) is 8.12. The molecule has 4 nitrogen and oxygen atoms in total. The Morgan fingerprint density at radius 3 is 2.04 bits per heavy atom. The minimum absolute atomic E-state index is 0.384. The van der Waals surface area contributed by atoms with Crippen molar-refractivity contribution in [1.29, 1.82) is 0 Å². The molecular formula is C19H21NO3. The number of rotatable bonds is 8. The Hall–Kier alpha value is -2.04. The van der Waals surface area contributed by atoms with Crippen LogP contribution in [-0.4, -0.2) is 38.5 Å². The molecule has 2 aliphatic rings. The number of ether oxygens (including phenoxy) is 3. The largest absolute Gasteiger partial charge is 0.489 e. The molecule has 0 spiro atoms. The average molecular weight is 311 g/mol. The van der Waals surface area contributed by atoms with E-state index in [0.717, 1.165) is 32.1 Å². The zero-order chi connectivity index (χ0) is 15.5. The van der Waals surface area contributed by atoms with Gasteiger partial charge in [-0.05, 0) is 29.8 Å². The highest BCUT2D eigenvalue weighted by Gasteiger charge is 2.30. The first kappa shape index (κ1) is 14.5. The molecule has 4 rings (SSSR count). The minimum atomic E-state index is 0.384. The average Bonchev–Trinajstić information content (AvgIpc) is 3.50. The predicted molar refractivity (Wildman–Crippen MR) is 88.9 cm³/mol. The SMILES string of the molecule is c1ccc(OCc2ccc(N(CC3CO3)CC3CO3)cc2)cc1. The molecular weight excluding hydrogens is 290 g/mol. The van der Waals surface area contributed by atoms with Crippen LogP contribution in [0.25, 0.3) is 0 Å². The van der Waals surface area contributed by atoms with E-state index in [1.54, 1.807) is 0 Å². The predicted octanol–water partition coefficient (Wildman–Crippen LogP) is 2.87. The van der Waals surface area contributed by atoms with Crippen molar-refractivity contribution in [2.24, 2.45) is 0 Å². The van der Waals surface area contributed by atoms with E-state index in [4.69, 9.17) is 14.2 Å². The van der Waals surface area contributed by atoms with Crippen LogP contribution in [0.1, 0.15) is 5.56 Å². The maximum atomic E-state index is 5.79. The summed E-state index contributed by atoms with van der Waals surface area (Å²) in [6.45, 7) is 4.23. The number of hydrogen-bond acceptors (Lipinski definition) is 4. The van der Waals surface area contributed by atoms with E-state index in [9.17, 15) is 0 Å². The van der Waals surface area contributed by atoms with Crippen molar-refractivity contribution in [1.82, 2.24) is 0 Å². The summed E-state index contributed by atoms with van der Waals surface area (Å²) in [5, 5.41) is 0. The van der Waals surface area contributed by atoms with Gasteiger partial charge in [0, 0.05) is 18.8 Å². The third-order valence-electron chi connectivity index (χ3n) is 4.10. The second-order valence-corrected chi connectivity index (χ2v) is 6.08. The van der Waals surface area contributed by atoms with E-state index in [1.165, 1.54) is 11.3 Å². The molecule has 2 aromatic rings. The van der Waals surface area contributed by atoms with Crippen LogP contribution in [-0.2, 0) is 16.1 Å². The van der Waals surface area contributed by atoms with Gasteiger partial charge in [-0.1, -0.05) is 30.3 Å². The molecule has 0 radical (unpaired) electrons. The maximum absolute atomic E-state index is 5.79. The number of nitrogens with zero attached hydrogens (tertiary/aromatic N) is 1. The molecule has 0 N–H and O–H groups in total. The minimum Gasteiger partial charge on any atom is -0.489 e. The Labute approximate surface area is 136 Å². The first-order valence-corrected chi connectivity index (χ1v) is 8.12. The van der Waals surface area contributed by atoms with Gasteiger partial charge in [-0.2, -0.15) is 0 Å². The van der Waals surface area contributed by atoms with E-state index in [1.807, 2.05) is 30.3 Å². The highest BCUT2D eigenvalue weighted by atomic mass is 16.6. The molecule has 0 aliphatic carbocycles. The van der Waals surface area contributed by atoms with Crippen LogP contribution in [0.4, 0.5) is 5.69 Å². The molecule has 23 heavy (non-hydrogen) atoms. The molecule has 0 amide bonds. The van der Waals surface area contributed by atoms with Crippen LogP contribution in [0.2, 0.25) is 0 Å². The molecule has 2 heterocycles. The van der Waals surface area contributed by atoms with Gasteiger partial charge in [0.05, 0.1) is 25.4 Å². The lowest BCUT2D eigenvalue weighted by atomic mass is 10.2. The van der Waals surface area contributed by atoms with Gasteiger partial charge in [-0.3, -0.25) is 0 Å². The first-order chi connectivity index (χ1) is 11.4. The second kappa shape index (κ2) is 6.60. The van der Waals surface area contributed by atoms with Gasteiger partial charge in [0.1, 0.15) is 12.4 Å². The van der Waals surface area contributed by atoms with Gasteiger partial charge in [-0.15, -0.1) is 0 Å². The molecule has 0 saturated carbocycles. The molecule has 2 aromatic carbocycles. The van der Waals surface area contributed by atoms with Gasteiger partial charge in [0.15, 0.2) is 0 Å². The van der Waals surface area contributed by atoms with Crippen LogP contribution < -0.4 is 9.64 Å². The fourth-order valence-corrected chi connectivity index (χ4v) is 2.61. The third kappa shape index (κ3) is 4.24. The van der Waals surface area contributed by atoms with E-state index < -0.39 is 0 Å². The maximum Gasteiger partial charge on any atom is 0.119 e. The Kier molecular flexibility index (Phi) is 4.18. The smallest absolute Gasteiger partial charge is 0.119 e. The van der Waals surface area contributed by atoms with Crippen LogP contribution in [0, 0.1) is 0 Å². The third-order valence-corrected chi connectivity index (χ3v) is 4.10. The lowest BCUT2D eigenvalue weighted by molar-refractivity contribution is 0.306. The van der Waals surface area contributed by atoms with Gasteiger partial charge in [0.25, 0.3) is 0 Å². The zero-order valence-electron chi connectivity index (χ0n) is 13.1. The number of epoxide rings is 2. The fraction of sp³-hybridized carbons (Fsp3) is 0.368. The monoisotopic (exact) mass is 311 g/mol. The van der Waals surface area contributed by atoms with E-state index in [2.05, 4.69) is 29.2 Å². The van der Waals surface area contributed by atoms with Crippen LogP contribution in [0.5, 0.6) is 5.75 Å². The summed E-state index contributed by atoms with van der Waals surface area (Å²) in [5.74, 6) is 0.898. The van der Waals surface area contributed by atoms with Gasteiger partial charge < -0.3 is 19.1 Å². The fourth-order valence-electron chi connectivity index (χ4n) is 2.61. The van der Waals surface area contributed by atoms with E-state index in [-0.39, 0.29) is 0 Å². The normalized spacial score (nSPS) is 21.7. The molecule has 120 valence electrons. The zero-order valence-corrected chi connectivity index (χ0v) is 13.1. The van der Waals surface area contributed by atoms with Crippen molar-refractivity contribution >= 4 is 5.69 Å². The Balaban J connectivity index is 1.37. The van der Waals surface area contributed by atoms with Crippen molar-refractivity contribution in [3.8, 4) is 5.75 Å². The lowest BCUT2D eigenvalue weighted by Gasteiger charge is -2.23. The van der Waals surface area contributed by atoms with E-state index in [0.29, 0.717) is 18.8 Å². The molecule has 2 aliphatic heterocycles. The molecule has 2 saturated heterocycles. The van der Waals surface area contributed by atoms with E-state index >= 15 is 0 Å². The van der Waals surface area contributed by atoms with Crippen molar-refractivity contribution in [3.63, 3.8) is 0 Å². The standard InChI is InChI=1S/C19H21NO3/c1-2-4-17(5-3-1)21-12-15-6-8-16(9-7-15)20(10-18-13-22-18)11-19-14-23-19/h1-9,18-19H,10-14H2.